The van der Waals surface area contributed by atoms with E-state index >= 15 is 0 Å². The molecule has 0 aliphatic carbocycles. The van der Waals surface area contributed by atoms with E-state index in [1.54, 1.807) is 6.92 Å². The number of carboxylic acid groups (broad SMARTS) is 1. The van der Waals surface area contributed by atoms with E-state index < -0.39 is 42.0 Å². The van der Waals surface area contributed by atoms with E-state index in [0.717, 1.165) is 0 Å². The van der Waals surface area contributed by atoms with Gasteiger partial charge in [-0.15, -0.1) is 0 Å². The third-order valence-corrected chi connectivity index (χ3v) is 5.96. The Kier molecular flexibility index (Phi) is 10.4. The fourth-order valence-electron chi connectivity index (χ4n) is 3.69. The second-order valence-electron chi connectivity index (χ2n) is 9.36. The lowest BCUT2D eigenvalue weighted by Crippen LogP contribution is -2.57. The van der Waals surface area contributed by atoms with Crippen LogP contribution in [0.4, 0.5) is 0 Å². The third kappa shape index (κ3) is 7.48. The minimum Gasteiger partial charge on any atom is -0.480 e. The first-order chi connectivity index (χ1) is 14.4. The number of carboxylic acids is 1. The van der Waals surface area contributed by atoms with Gasteiger partial charge in [-0.2, -0.15) is 0 Å². The molecule has 1 saturated heterocycles. The molecule has 9 heteroatoms. The maximum Gasteiger partial charge on any atom is 0.326 e. The van der Waals surface area contributed by atoms with Gasteiger partial charge < -0.3 is 26.4 Å². The SMILES string of the molecule is CC[C@H](C)[C@H](NC(=O)[C@H](CC(C)C)NC(=O)[C@@H]1CCCN1C(=O)[C@@H](N)C(C)C)C(=O)O. The van der Waals surface area contributed by atoms with Crippen molar-refractivity contribution in [2.45, 2.75) is 91.4 Å². The lowest BCUT2D eigenvalue weighted by atomic mass is 9.97. The normalized spacial score (nSPS) is 20.3. The van der Waals surface area contributed by atoms with E-state index in [4.69, 9.17) is 5.73 Å². The number of nitrogens with zero attached hydrogens (tertiary/aromatic N) is 1. The smallest absolute Gasteiger partial charge is 0.326 e. The van der Waals surface area contributed by atoms with Crippen LogP contribution in [0.3, 0.4) is 0 Å². The number of carbonyl (C=O) groups is 4. The van der Waals surface area contributed by atoms with Gasteiger partial charge in [-0.05, 0) is 37.0 Å². The molecular formula is C22H40N4O5. The first kappa shape index (κ1) is 26.9. The van der Waals surface area contributed by atoms with Gasteiger partial charge in [-0.1, -0.05) is 48.0 Å². The van der Waals surface area contributed by atoms with Gasteiger partial charge in [0, 0.05) is 6.54 Å². The van der Waals surface area contributed by atoms with E-state index in [2.05, 4.69) is 10.6 Å². The van der Waals surface area contributed by atoms with Crippen molar-refractivity contribution in [3.8, 4) is 0 Å². The second kappa shape index (κ2) is 12.0. The van der Waals surface area contributed by atoms with Crippen molar-refractivity contribution in [2.75, 3.05) is 6.54 Å². The minimum absolute atomic E-state index is 0.0511. The van der Waals surface area contributed by atoms with Crippen molar-refractivity contribution in [3.63, 3.8) is 0 Å². The highest BCUT2D eigenvalue weighted by Gasteiger charge is 2.38. The van der Waals surface area contributed by atoms with E-state index in [0.29, 0.717) is 32.2 Å². The maximum absolute atomic E-state index is 13.0. The molecule has 5 atom stereocenters. The van der Waals surface area contributed by atoms with Gasteiger partial charge in [-0.25, -0.2) is 4.79 Å². The lowest BCUT2D eigenvalue weighted by molar-refractivity contribution is -0.144. The van der Waals surface area contributed by atoms with Crippen LogP contribution >= 0.6 is 0 Å². The molecule has 0 saturated carbocycles. The second-order valence-corrected chi connectivity index (χ2v) is 9.36. The quantitative estimate of drug-likeness (QED) is 0.379. The summed E-state index contributed by atoms with van der Waals surface area (Å²) in [6.07, 6.45) is 2.14. The van der Waals surface area contributed by atoms with Crippen molar-refractivity contribution in [3.05, 3.63) is 0 Å². The molecule has 0 bridgehead atoms. The molecule has 3 amide bonds. The predicted octanol–water partition coefficient (Wildman–Crippen LogP) is 1.11. The van der Waals surface area contributed by atoms with Gasteiger partial charge in [0.05, 0.1) is 6.04 Å². The summed E-state index contributed by atoms with van der Waals surface area (Å²) in [5, 5.41) is 14.8. The molecule has 9 nitrogen and oxygen atoms in total. The van der Waals surface area contributed by atoms with Gasteiger partial charge in [0.15, 0.2) is 0 Å². The summed E-state index contributed by atoms with van der Waals surface area (Å²) in [6.45, 7) is 11.6. The lowest BCUT2D eigenvalue weighted by Gasteiger charge is -2.30. The predicted molar refractivity (Wildman–Crippen MR) is 118 cm³/mol. The largest absolute Gasteiger partial charge is 0.480 e. The van der Waals surface area contributed by atoms with Gasteiger partial charge in [0.1, 0.15) is 18.1 Å². The Labute approximate surface area is 185 Å². The van der Waals surface area contributed by atoms with Gasteiger partial charge in [0.2, 0.25) is 17.7 Å². The summed E-state index contributed by atoms with van der Waals surface area (Å²) >= 11 is 0. The van der Waals surface area contributed by atoms with E-state index in [1.807, 2.05) is 34.6 Å². The van der Waals surface area contributed by atoms with E-state index in [-0.39, 0.29) is 23.7 Å². The van der Waals surface area contributed by atoms with Gasteiger partial charge >= 0.3 is 5.97 Å². The Morgan fingerprint density at radius 1 is 1.10 bits per heavy atom. The fourth-order valence-corrected chi connectivity index (χ4v) is 3.69. The fraction of sp³-hybridized carbons (Fsp3) is 0.818. The summed E-state index contributed by atoms with van der Waals surface area (Å²) in [6, 6.07) is -3.27. The number of carbonyl (C=O) groups excluding carboxylic acids is 3. The van der Waals surface area contributed by atoms with Crippen LogP contribution in [-0.2, 0) is 19.2 Å². The number of nitrogens with two attached hydrogens (primary N) is 1. The first-order valence-corrected chi connectivity index (χ1v) is 11.3. The van der Waals surface area contributed by atoms with Crippen LogP contribution in [0.25, 0.3) is 0 Å². The van der Waals surface area contributed by atoms with Crippen molar-refractivity contribution in [2.24, 2.45) is 23.5 Å². The van der Waals surface area contributed by atoms with Crippen LogP contribution in [0.5, 0.6) is 0 Å². The van der Waals surface area contributed by atoms with Crippen molar-refractivity contribution in [1.29, 1.82) is 0 Å². The molecule has 0 aromatic carbocycles. The molecule has 0 spiro atoms. The summed E-state index contributed by atoms with van der Waals surface area (Å²) < 4.78 is 0. The molecule has 178 valence electrons. The van der Waals surface area contributed by atoms with E-state index in [1.165, 1.54) is 4.90 Å². The number of amides is 3. The highest BCUT2D eigenvalue weighted by atomic mass is 16.4. The molecule has 1 aliphatic rings. The van der Waals surface area contributed by atoms with Crippen LogP contribution in [0, 0.1) is 17.8 Å². The summed E-state index contributed by atoms with van der Waals surface area (Å²) in [7, 11) is 0. The van der Waals surface area contributed by atoms with Crippen LogP contribution in [0.15, 0.2) is 0 Å². The Bertz CT molecular complexity index is 652. The Morgan fingerprint density at radius 2 is 1.71 bits per heavy atom. The highest BCUT2D eigenvalue weighted by molar-refractivity contribution is 5.94. The minimum atomic E-state index is -1.10. The third-order valence-electron chi connectivity index (χ3n) is 5.96. The molecule has 0 aromatic rings. The molecule has 1 rings (SSSR count). The number of rotatable bonds is 11. The molecular weight excluding hydrogens is 400 g/mol. The number of hydrogen-bond donors (Lipinski definition) is 4. The van der Waals surface area contributed by atoms with Crippen molar-refractivity contribution < 1.29 is 24.3 Å². The number of hydrogen-bond acceptors (Lipinski definition) is 5. The number of aliphatic carboxylic acids is 1. The molecule has 1 aliphatic heterocycles. The number of nitrogens with one attached hydrogen (secondary N) is 2. The Hall–Kier alpha value is -2.16. The van der Waals surface area contributed by atoms with Crippen molar-refractivity contribution >= 4 is 23.7 Å². The van der Waals surface area contributed by atoms with Crippen LogP contribution in [0.1, 0.15) is 67.2 Å². The van der Waals surface area contributed by atoms with Crippen LogP contribution in [-0.4, -0.2) is 64.4 Å². The summed E-state index contributed by atoms with van der Waals surface area (Å²) in [5.41, 5.74) is 6.00. The maximum atomic E-state index is 13.0. The summed E-state index contributed by atoms with van der Waals surface area (Å²) in [4.78, 5) is 51.7. The number of likely N-dealkylation sites (tertiary alicyclic amines) is 1. The zero-order valence-corrected chi connectivity index (χ0v) is 19.7. The molecule has 0 unspecified atom stereocenters. The molecule has 1 heterocycles. The highest BCUT2D eigenvalue weighted by Crippen LogP contribution is 2.20. The standard InChI is InChI=1S/C22H40N4O5/c1-7-14(6)18(22(30)31)25-19(27)15(11-12(2)3)24-20(28)16-9-8-10-26(16)21(29)17(23)13(4)5/h12-18H,7-11,23H2,1-6H3,(H,24,28)(H,25,27)(H,30,31)/t14-,15-,16-,17-,18-/m0/s1. The first-order valence-electron chi connectivity index (χ1n) is 11.3. The molecule has 5 N–H and O–H groups in total. The van der Waals surface area contributed by atoms with E-state index in [9.17, 15) is 24.3 Å². The van der Waals surface area contributed by atoms with Crippen molar-refractivity contribution in [1.82, 2.24) is 15.5 Å². The zero-order chi connectivity index (χ0) is 23.9. The average molecular weight is 441 g/mol. The monoisotopic (exact) mass is 440 g/mol. The zero-order valence-electron chi connectivity index (χ0n) is 19.7. The van der Waals surface area contributed by atoms with Crippen LogP contribution in [0.2, 0.25) is 0 Å². The van der Waals surface area contributed by atoms with Gasteiger partial charge in [0.25, 0.3) is 0 Å². The van der Waals surface area contributed by atoms with Gasteiger partial charge in [-0.3, -0.25) is 14.4 Å². The topological polar surface area (TPSA) is 142 Å². The average Bonchev–Trinajstić information content (AvgIpc) is 3.18. The molecule has 0 aromatic heterocycles. The Balaban J connectivity index is 2.95. The molecule has 0 radical (unpaired) electrons. The molecule has 31 heavy (non-hydrogen) atoms. The summed E-state index contributed by atoms with van der Waals surface area (Å²) in [5.74, 6) is -2.50. The Morgan fingerprint density at radius 3 is 2.19 bits per heavy atom. The molecule has 1 fully saturated rings. The van der Waals surface area contributed by atoms with Crippen LogP contribution < -0.4 is 16.4 Å².